The van der Waals surface area contributed by atoms with Crippen molar-refractivity contribution in [3.8, 4) is 0 Å². The first kappa shape index (κ1) is 11.6. The van der Waals surface area contributed by atoms with Gasteiger partial charge < -0.3 is 5.32 Å². The number of rotatable bonds is 1. The Morgan fingerprint density at radius 3 is 2.50 bits per heavy atom. The first-order valence-corrected chi connectivity index (χ1v) is 5.89. The quantitative estimate of drug-likeness (QED) is 0.814. The molecule has 0 bridgehead atoms. The minimum absolute atomic E-state index is 0.0229. The van der Waals surface area contributed by atoms with E-state index in [-0.39, 0.29) is 11.5 Å². The van der Waals surface area contributed by atoms with Gasteiger partial charge in [0.1, 0.15) is 5.78 Å². The molecular weight excluding hydrogens is 222 g/mol. The minimum Gasteiger partial charge on any atom is -0.310 e. The van der Waals surface area contributed by atoms with Crippen molar-refractivity contribution < 1.29 is 4.79 Å². The third-order valence-electron chi connectivity index (χ3n) is 3.06. The fourth-order valence-corrected chi connectivity index (χ4v) is 2.24. The van der Waals surface area contributed by atoms with Crippen molar-refractivity contribution in [1.29, 1.82) is 0 Å². The number of nitrogens with one attached hydrogen (secondary N) is 1. The van der Waals surface area contributed by atoms with Crippen LogP contribution in [0, 0.1) is 0 Å². The summed E-state index contributed by atoms with van der Waals surface area (Å²) < 4.78 is 0. The number of piperidine rings is 1. The van der Waals surface area contributed by atoms with E-state index in [1.165, 1.54) is 0 Å². The van der Waals surface area contributed by atoms with Gasteiger partial charge in [0.15, 0.2) is 0 Å². The number of benzene rings is 1. The highest BCUT2D eigenvalue weighted by atomic mass is 35.5. The first-order chi connectivity index (χ1) is 7.48. The maximum absolute atomic E-state index is 12.0. The standard InChI is InChI=1S/C13H16ClNO/c1-13(2)7-12(16)11(8-15-13)9-3-5-10(14)6-4-9/h3-6,11,15H,7-8H2,1-2H3/t11-/m1/s1. The largest absolute Gasteiger partial charge is 0.310 e. The van der Waals surface area contributed by atoms with E-state index in [9.17, 15) is 4.79 Å². The Morgan fingerprint density at radius 1 is 1.31 bits per heavy atom. The highest BCUT2D eigenvalue weighted by molar-refractivity contribution is 6.30. The molecule has 1 fully saturated rings. The molecule has 1 N–H and O–H groups in total. The Labute approximate surface area is 101 Å². The molecule has 1 aliphatic rings. The molecule has 16 heavy (non-hydrogen) atoms. The van der Waals surface area contributed by atoms with E-state index in [4.69, 9.17) is 11.6 Å². The van der Waals surface area contributed by atoms with Crippen LogP contribution in [-0.2, 0) is 4.79 Å². The Kier molecular flexibility index (Phi) is 3.04. The van der Waals surface area contributed by atoms with Gasteiger partial charge in [0, 0.05) is 23.5 Å². The van der Waals surface area contributed by atoms with Crippen LogP contribution in [0.4, 0.5) is 0 Å². The predicted octanol–water partition coefficient (Wildman–Crippen LogP) is 2.76. The summed E-state index contributed by atoms with van der Waals surface area (Å²) >= 11 is 5.83. The molecule has 0 unspecified atom stereocenters. The summed E-state index contributed by atoms with van der Waals surface area (Å²) in [5.41, 5.74) is 0.984. The van der Waals surface area contributed by atoms with Crippen molar-refractivity contribution in [3.05, 3.63) is 34.9 Å². The highest BCUT2D eigenvalue weighted by Crippen LogP contribution is 2.27. The van der Waals surface area contributed by atoms with E-state index in [2.05, 4.69) is 19.2 Å². The molecule has 0 aliphatic carbocycles. The van der Waals surface area contributed by atoms with Gasteiger partial charge in [0.2, 0.25) is 0 Å². The number of hydrogen-bond donors (Lipinski definition) is 1. The Balaban J connectivity index is 2.17. The van der Waals surface area contributed by atoms with E-state index < -0.39 is 0 Å². The summed E-state index contributed by atoms with van der Waals surface area (Å²) in [5.74, 6) is 0.288. The van der Waals surface area contributed by atoms with Crippen LogP contribution in [0.2, 0.25) is 5.02 Å². The molecule has 86 valence electrons. The normalized spacial score (nSPS) is 24.4. The smallest absolute Gasteiger partial charge is 0.143 e. The second kappa shape index (κ2) is 4.19. The van der Waals surface area contributed by atoms with Gasteiger partial charge in [-0.2, -0.15) is 0 Å². The third-order valence-corrected chi connectivity index (χ3v) is 3.31. The van der Waals surface area contributed by atoms with E-state index >= 15 is 0 Å². The zero-order valence-electron chi connectivity index (χ0n) is 9.59. The average Bonchev–Trinajstić information content (AvgIpc) is 2.19. The predicted molar refractivity (Wildman–Crippen MR) is 65.9 cm³/mol. The van der Waals surface area contributed by atoms with Crippen molar-refractivity contribution in [2.24, 2.45) is 0 Å². The lowest BCUT2D eigenvalue weighted by Crippen LogP contribution is -2.50. The van der Waals surface area contributed by atoms with Gasteiger partial charge in [-0.1, -0.05) is 23.7 Å². The molecule has 1 heterocycles. The Bertz CT molecular complexity index is 397. The second-order valence-electron chi connectivity index (χ2n) is 5.01. The molecule has 1 atom stereocenters. The molecule has 0 saturated carbocycles. The van der Waals surface area contributed by atoms with Crippen molar-refractivity contribution in [1.82, 2.24) is 5.32 Å². The summed E-state index contributed by atoms with van der Waals surface area (Å²) in [4.78, 5) is 12.0. The molecule has 3 heteroatoms. The molecule has 2 rings (SSSR count). The van der Waals surface area contributed by atoms with Crippen molar-refractivity contribution >= 4 is 17.4 Å². The summed E-state index contributed by atoms with van der Waals surface area (Å²) in [6, 6.07) is 7.55. The van der Waals surface area contributed by atoms with Crippen LogP contribution in [0.5, 0.6) is 0 Å². The number of hydrogen-bond acceptors (Lipinski definition) is 2. The lowest BCUT2D eigenvalue weighted by molar-refractivity contribution is -0.123. The molecule has 1 aromatic carbocycles. The zero-order chi connectivity index (χ0) is 11.8. The zero-order valence-corrected chi connectivity index (χ0v) is 10.3. The monoisotopic (exact) mass is 237 g/mol. The fourth-order valence-electron chi connectivity index (χ4n) is 2.11. The van der Waals surface area contributed by atoms with Crippen molar-refractivity contribution in [2.75, 3.05) is 6.54 Å². The molecule has 1 aliphatic heterocycles. The second-order valence-corrected chi connectivity index (χ2v) is 5.45. The maximum Gasteiger partial charge on any atom is 0.143 e. The highest BCUT2D eigenvalue weighted by Gasteiger charge is 2.33. The van der Waals surface area contributed by atoms with Crippen molar-refractivity contribution in [2.45, 2.75) is 31.7 Å². The van der Waals surface area contributed by atoms with Crippen LogP contribution >= 0.6 is 11.6 Å². The summed E-state index contributed by atoms with van der Waals surface area (Å²) in [7, 11) is 0. The lowest BCUT2D eigenvalue weighted by atomic mass is 9.82. The van der Waals surface area contributed by atoms with E-state index in [1.807, 2.05) is 24.3 Å². The van der Waals surface area contributed by atoms with Gasteiger partial charge in [0.05, 0.1) is 5.92 Å². The van der Waals surface area contributed by atoms with Crippen LogP contribution in [0.25, 0.3) is 0 Å². The fraction of sp³-hybridized carbons (Fsp3) is 0.462. The van der Waals surface area contributed by atoms with Crippen LogP contribution in [0.15, 0.2) is 24.3 Å². The average molecular weight is 238 g/mol. The van der Waals surface area contributed by atoms with E-state index in [0.717, 1.165) is 5.56 Å². The van der Waals surface area contributed by atoms with Gasteiger partial charge in [0.25, 0.3) is 0 Å². The van der Waals surface area contributed by atoms with Crippen LogP contribution in [0.3, 0.4) is 0 Å². The third kappa shape index (κ3) is 2.45. The van der Waals surface area contributed by atoms with Gasteiger partial charge in [-0.25, -0.2) is 0 Å². The van der Waals surface area contributed by atoms with E-state index in [0.29, 0.717) is 23.8 Å². The minimum atomic E-state index is -0.0694. The van der Waals surface area contributed by atoms with Crippen LogP contribution < -0.4 is 5.32 Å². The lowest BCUT2D eigenvalue weighted by Gasteiger charge is -2.34. The maximum atomic E-state index is 12.0. The number of carbonyl (C=O) groups excluding carboxylic acids is 1. The SMILES string of the molecule is CC1(C)CC(=O)[C@@H](c2ccc(Cl)cc2)CN1. The Hall–Kier alpha value is -0.860. The number of Topliss-reactive ketones (excluding diaryl/α,β-unsaturated/α-hetero) is 1. The molecular formula is C13H16ClNO. The van der Waals surface area contributed by atoms with Gasteiger partial charge in [-0.15, -0.1) is 0 Å². The van der Waals surface area contributed by atoms with Gasteiger partial charge >= 0.3 is 0 Å². The first-order valence-electron chi connectivity index (χ1n) is 5.51. The van der Waals surface area contributed by atoms with Crippen molar-refractivity contribution in [3.63, 3.8) is 0 Å². The molecule has 1 aromatic rings. The number of halogens is 1. The van der Waals surface area contributed by atoms with Crippen LogP contribution in [0.1, 0.15) is 31.7 Å². The topological polar surface area (TPSA) is 29.1 Å². The van der Waals surface area contributed by atoms with E-state index in [1.54, 1.807) is 0 Å². The molecule has 0 radical (unpaired) electrons. The molecule has 2 nitrogen and oxygen atoms in total. The summed E-state index contributed by atoms with van der Waals surface area (Å²) in [5, 5.41) is 4.11. The molecule has 0 aromatic heterocycles. The summed E-state index contributed by atoms with van der Waals surface area (Å²) in [6.07, 6.45) is 0.584. The Morgan fingerprint density at radius 2 is 1.94 bits per heavy atom. The summed E-state index contributed by atoms with van der Waals surface area (Å²) in [6.45, 7) is 4.83. The molecule has 0 amide bonds. The number of carbonyl (C=O) groups is 1. The van der Waals surface area contributed by atoms with Gasteiger partial charge in [-0.3, -0.25) is 4.79 Å². The molecule has 0 spiro atoms. The van der Waals surface area contributed by atoms with Gasteiger partial charge in [-0.05, 0) is 31.5 Å². The number of ketones is 1. The van der Waals surface area contributed by atoms with Crippen LogP contribution in [-0.4, -0.2) is 17.9 Å². The molecule has 1 saturated heterocycles.